The standard InChI is InChI=1S/C19H24N2O2/c1-11-8-15-12(6-7-21-19(15)22)10-18(11)23-17-5-3-13-9-14(17)2-4-16(13)20/h6-8,10,13-14,16-17H,2-5,9,20H2,1H3,(H,21,22)/t13-,14+,16?,17?/m0/s1. The van der Waals surface area contributed by atoms with Crippen LogP contribution in [0.3, 0.4) is 0 Å². The second-order valence-corrected chi connectivity index (χ2v) is 7.24. The molecule has 1 heterocycles. The third-order valence-electron chi connectivity index (χ3n) is 5.78. The number of ether oxygens (including phenoxy) is 1. The van der Waals surface area contributed by atoms with Gasteiger partial charge in [0.1, 0.15) is 11.9 Å². The fraction of sp³-hybridized carbons (Fsp3) is 0.526. The van der Waals surface area contributed by atoms with E-state index in [1.54, 1.807) is 6.20 Å². The van der Waals surface area contributed by atoms with Crippen LogP contribution in [0.1, 0.15) is 37.7 Å². The summed E-state index contributed by atoms with van der Waals surface area (Å²) in [6, 6.07) is 6.27. The van der Waals surface area contributed by atoms with Crippen molar-refractivity contribution in [2.75, 3.05) is 0 Å². The first-order chi connectivity index (χ1) is 11.1. The van der Waals surface area contributed by atoms with Gasteiger partial charge in [-0.15, -0.1) is 0 Å². The second kappa shape index (κ2) is 5.68. The molecule has 1 aromatic heterocycles. The van der Waals surface area contributed by atoms with Gasteiger partial charge in [0.15, 0.2) is 0 Å². The number of H-pyrrole nitrogens is 1. The van der Waals surface area contributed by atoms with E-state index in [1.807, 2.05) is 25.1 Å². The van der Waals surface area contributed by atoms with E-state index in [4.69, 9.17) is 10.5 Å². The van der Waals surface area contributed by atoms with Gasteiger partial charge in [0.05, 0.1) is 0 Å². The van der Waals surface area contributed by atoms with Crippen molar-refractivity contribution in [3.8, 4) is 5.75 Å². The summed E-state index contributed by atoms with van der Waals surface area (Å²) >= 11 is 0. The van der Waals surface area contributed by atoms with E-state index < -0.39 is 0 Å². The Morgan fingerprint density at radius 3 is 2.87 bits per heavy atom. The van der Waals surface area contributed by atoms with Crippen LogP contribution in [0.25, 0.3) is 10.8 Å². The number of fused-ring (bicyclic) bond motifs is 3. The zero-order valence-corrected chi connectivity index (χ0v) is 13.5. The van der Waals surface area contributed by atoms with Crippen LogP contribution in [0.15, 0.2) is 29.2 Å². The van der Waals surface area contributed by atoms with Crippen LogP contribution in [0, 0.1) is 18.8 Å². The van der Waals surface area contributed by atoms with Crippen LogP contribution in [0.5, 0.6) is 5.75 Å². The van der Waals surface area contributed by atoms with Gasteiger partial charge in [0.2, 0.25) is 0 Å². The first kappa shape index (κ1) is 14.8. The Kier molecular flexibility index (Phi) is 3.64. The third-order valence-corrected chi connectivity index (χ3v) is 5.78. The van der Waals surface area contributed by atoms with Crippen LogP contribution < -0.4 is 16.0 Å². The second-order valence-electron chi connectivity index (χ2n) is 7.24. The van der Waals surface area contributed by atoms with E-state index in [0.29, 0.717) is 17.9 Å². The van der Waals surface area contributed by atoms with Crippen molar-refractivity contribution in [3.05, 3.63) is 40.3 Å². The molecular weight excluding hydrogens is 288 g/mol. The van der Waals surface area contributed by atoms with E-state index >= 15 is 0 Å². The van der Waals surface area contributed by atoms with Gasteiger partial charge >= 0.3 is 0 Å². The third kappa shape index (κ3) is 2.65. The number of hydrogen-bond acceptors (Lipinski definition) is 3. The summed E-state index contributed by atoms with van der Waals surface area (Å²) in [7, 11) is 0. The number of nitrogens with two attached hydrogens (primary N) is 1. The number of aromatic nitrogens is 1. The van der Waals surface area contributed by atoms with E-state index in [-0.39, 0.29) is 11.7 Å². The molecule has 0 amide bonds. The molecule has 3 N–H and O–H groups in total. The van der Waals surface area contributed by atoms with Crippen LogP contribution in [-0.2, 0) is 0 Å². The molecule has 2 saturated carbocycles. The van der Waals surface area contributed by atoms with Gasteiger partial charge in [-0.3, -0.25) is 4.79 Å². The van der Waals surface area contributed by atoms with Crippen LogP contribution >= 0.6 is 0 Å². The van der Waals surface area contributed by atoms with Crippen LogP contribution in [0.2, 0.25) is 0 Å². The highest BCUT2D eigenvalue weighted by atomic mass is 16.5. The highest BCUT2D eigenvalue weighted by Crippen LogP contribution is 2.41. The number of hydrogen-bond donors (Lipinski definition) is 2. The van der Waals surface area contributed by atoms with Crippen molar-refractivity contribution in [2.45, 2.75) is 51.2 Å². The van der Waals surface area contributed by atoms with E-state index in [0.717, 1.165) is 34.9 Å². The van der Waals surface area contributed by atoms with Gasteiger partial charge in [-0.25, -0.2) is 0 Å². The first-order valence-electron chi connectivity index (χ1n) is 8.66. The lowest BCUT2D eigenvalue weighted by Gasteiger charge is -2.43. The molecule has 4 heteroatoms. The molecule has 0 aliphatic heterocycles. The molecule has 2 unspecified atom stereocenters. The van der Waals surface area contributed by atoms with Gasteiger partial charge in [-0.05, 0) is 80.0 Å². The molecule has 1 aromatic carbocycles. The molecule has 0 radical (unpaired) electrons. The van der Waals surface area contributed by atoms with E-state index in [2.05, 4.69) is 4.98 Å². The minimum absolute atomic E-state index is 0.0427. The minimum Gasteiger partial charge on any atom is -0.490 e. The maximum atomic E-state index is 11.9. The molecular formula is C19H24N2O2. The fourth-order valence-electron chi connectivity index (χ4n) is 4.38. The summed E-state index contributed by atoms with van der Waals surface area (Å²) in [5.41, 5.74) is 7.20. The molecule has 2 fully saturated rings. The Bertz CT molecular complexity index is 783. The summed E-state index contributed by atoms with van der Waals surface area (Å²) < 4.78 is 6.40. The molecule has 122 valence electrons. The summed E-state index contributed by atoms with van der Waals surface area (Å²) in [6.07, 6.45) is 7.76. The normalized spacial score (nSPS) is 30.3. The summed E-state index contributed by atoms with van der Waals surface area (Å²) in [5, 5.41) is 1.67. The van der Waals surface area contributed by atoms with Crippen molar-refractivity contribution >= 4 is 10.8 Å². The lowest BCUT2D eigenvalue weighted by Crippen LogP contribution is -2.45. The molecule has 4 rings (SSSR count). The van der Waals surface area contributed by atoms with Crippen molar-refractivity contribution in [3.63, 3.8) is 0 Å². The van der Waals surface area contributed by atoms with Gasteiger partial charge in [-0.2, -0.15) is 0 Å². The van der Waals surface area contributed by atoms with Crippen molar-refractivity contribution in [1.29, 1.82) is 0 Å². The molecule has 2 aromatic rings. The quantitative estimate of drug-likeness (QED) is 0.895. The molecule has 2 bridgehead atoms. The van der Waals surface area contributed by atoms with Crippen molar-refractivity contribution < 1.29 is 4.74 Å². The predicted molar refractivity (Wildman–Crippen MR) is 91.8 cm³/mol. The molecule has 0 spiro atoms. The topological polar surface area (TPSA) is 68.1 Å². The summed E-state index contributed by atoms with van der Waals surface area (Å²) in [5.74, 6) is 2.23. The van der Waals surface area contributed by atoms with Gasteiger partial charge < -0.3 is 15.5 Å². The Morgan fingerprint density at radius 1 is 1.17 bits per heavy atom. The summed E-state index contributed by atoms with van der Waals surface area (Å²) in [6.45, 7) is 2.02. The van der Waals surface area contributed by atoms with E-state index in [9.17, 15) is 4.79 Å². The number of aryl methyl sites for hydroxylation is 1. The lowest BCUT2D eigenvalue weighted by molar-refractivity contribution is 0.0316. The van der Waals surface area contributed by atoms with E-state index in [1.165, 1.54) is 19.3 Å². The monoisotopic (exact) mass is 312 g/mol. The number of pyridine rings is 1. The van der Waals surface area contributed by atoms with Crippen LogP contribution in [0.4, 0.5) is 0 Å². The number of nitrogens with one attached hydrogen (secondary N) is 1. The van der Waals surface area contributed by atoms with Crippen molar-refractivity contribution in [1.82, 2.24) is 4.98 Å². The zero-order valence-electron chi connectivity index (χ0n) is 13.5. The molecule has 2 aliphatic rings. The first-order valence-corrected chi connectivity index (χ1v) is 8.66. The lowest BCUT2D eigenvalue weighted by atomic mass is 9.68. The number of benzene rings is 1. The zero-order chi connectivity index (χ0) is 16.0. The number of rotatable bonds is 2. The maximum Gasteiger partial charge on any atom is 0.255 e. The van der Waals surface area contributed by atoms with Gasteiger partial charge in [0, 0.05) is 17.6 Å². The highest BCUT2D eigenvalue weighted by Gasteiger charge is 2.38. The van der Waals surface area contributed by atoms with Gasteiger partial charge in [-0.1, -0.05) is 0 Å². The molecule has 4 nitrogen and oxygen atoms in total. The minimum atomic E-state index is -0.0427. The van der Waals surface area contributed by atoms with Gasteiger partial charge in [0.25, 0.3) is 5.56 Å². The Labute approximate surface area is 136 Å². The average molecular weight is 312 g/mol. The SMILES string of the molecule is Cc1cc2c(=O)[nH]ccc2cc1OC1CC[C@H]2C[C@H]1CCC2N. The largest absolute Gasteiger partial charge is 0.490 e. The Morgan fingerprint density at radius 2 is 2.00 bits per heavy atom. The van der Waals surface area contributed by atoms with Crippen LogP contribution in [-0.4, -0.2) is 17.1 Å². The Balaban J connectivity index is 1.60. The molecule has 0 saturated heterocycles. The molecule has 23 heavy (non-hydrogen) atoms. The molecule has 2 aliphatic carbocycles. The average Bonchev–Trinajstić information content (AvgIpc) is 2.55. The van der Waals surface area contributed by atoms with Crippen molar-refractivity contribution in [2.24, 2.45) is 17.6 Å². The highest BCUT2D eigenvalue weighted by molar-refractivity contribution is 5.83. The Hall–Kier alpha value is -1.81. The number of aromatic amines is 1. The smallest absolute Gasteiger partial charge is 0.255 e. The molecule has 4 atom stereocenters. The predicted octanol–water partition coefficient (Wildman–Crippen LogP) is 3.12. The summed E-state index contributed by atoms with van der Waals surface area (Å²) in [4.78, 5) is 14.6. The fourth-order valence-corrected chi connectivity index (χ4v) is 4.38. The maximum absolute atomic E-state index is 11.9.